The van der Waals surface area contributed by atoms with Gasteiger partial charge in [-0.25, -0.2) is 4.79 Å². The molecule has 0 saturated carbocycles. The molecule has 5 nitrogen and oxygen atoms in total. The first-order valence-corrected chi connectivity index (χ1v) is 5.41. The normalized spacial score (nSPS) is 9.71. The molecule has 1 aromatic carbocycles. The molecule has 17 heavy (non-hydrogen) atoms. The maximum Gasteiger partial charge on any atom is 0.335 e. The van der Waals surface area contributed by atoms with Crippen molar-refractivity contribution in [3.05, 3.63) is 29.8 Å². The lowest BCUT2D eigenvalue weighted by Gasteiger charge is -2.10. The first-order chi connectivity index (χ1) is 8.13. The fourth-order valence-electron chi connectivity index (χ4n) is 1.17. The van der Waals surface area contributed by atoms with Gasteiger partial charge in [0, 0.05) is 19.3 Å². The van der Waals surface area contributed by atoms with Gasteiger partial charge in [-0.3, -0.25) is 0 Å². The van der Waals surface area contributed by atoms with Crippen molar-refractivity contribution in [1.82, 2.24) is 5.32 Å². The summed E-state index contributed by atoms with van der Waals surface area (Å²) < 4.78 is 4.87. The van der Waals surface area contributed by atoms with E-state index in [2.05, 4.69) is 10.6 Å². The lowest BCUT2D eigenvalue weighted by atomic mass is 10.2. The summed E-state index contributed by atoms with van der Waals surface area (Å²) >= 11 is 5.03. The second kappa shape index (κ2) is 6.82. The van der Waals surface area contributed by atoms with E-state index in [1.807, 2.05) is 0 Å². The van der Waals surface area contributed by atoms with Crippen LogP contribution < -0.4 is 10.6 Å². The zero-order valence-electron chi connectivity index (χ0n) is 9.40. The SMILES string of the molecule is COCCNC(=S)Nc1cccc(C(=O)O)c1. The Morgan fingerprint density at radius 1 is 1.53 bits per heavy atom. The molecule has 0 spiro atoms. The van der Waals surface area contributed by atoms with Crippen LogP contribution in [0, 0.1) is 0 Å². The van der Waals surface area contributed by atoms with E-state index in [4.69, 9.17) is 22.1 Å². The molecular weight excluding hydrogens is 240 g/mol. The third-order valence-electron chi connectivity index (χ3n) is 1.96. The molecule has 1 rings (SSSR count). The van der Waals surface area contributed by atoms with Gasteiger partial charge in [0.2, 0.25) is 0 Å². The molecule has 0 heterocycles. The molecule has 0 aromatic heterocycles. The van der Waals surface area contributed by atoms with Crippen LogP contribution in [0.15, 0.2) is 24.3 Å². The summed E-state index contributed by atoms with van der Waals surface area (Å²) in [6.45, 7) is 1.15. The first-order valence-electron chi connectivity index (χ1n) is 5.00. The standard InChI is InChI=1S/C11H14N2O3S/c1-16-6-5-12-11(17)13-9-4-2-3-8(7-9)10(14)15/h2-4,7H,5-6H2,1H3,(H,14,15)(H2,12,13,17). The summed E-state index contributed by atoms with van der Waals surface area (Å²) in [6, 6.07) is 6.45. The van der Waals surface area contributed by atoms with Crippen LogP contribution in [0.5, 0.6) is 0 Å². The fourth-order valence-corrected chi connectivity index (χ4v) is 1.39. The van der Waals surface area contributed by atoms with Crippen LogP contribution in [0.2, 0.25) is 0 Å². The van der Waals surface area contributed by atoms with Gasteiger partial charge in [-0.05, 0) is 30.4 Å². The van der Waals surface area contributed by atoms with Crippen LogP contribution in [-0.4, -0.2) is 36.4 Å². The van der Waals surface area contributed by atoms with Crippen LogP contribution in [0.4, 0.5) is 5.69 Å². The summed E-state index contributed by atoms with van der Waals surface area (Å²) in [5.74, 6) is -0.966. The summed E-state index contributed by atoms with van der Waals surface area (Å²) in [4.78, 5) is 10.8. The molecule has 0 unspecified atom stereocenters. The number of nitrogens with one attached hydrogen (secondary N) is 2. The van der Waals surface area contributed by atoms with E-state index in [0.717, 1.165) is 0 Å². The average Bonchev–Trinajstić information content (AvgIpc) is 2.29. The van der Waals surface area contributed by atoms with E-state index < -0.39 is 5.97 Å². The highest BCUT2D eigenvalue weighted by Crippen LogP contribution is 2.10. The van der Waals surface area contributed by atoms with E-state index >= 15 is 0 Å². The van der Waals surface area contributed by atoms with Gasteiger partial charge in [0.25, 0.3) is 0 Å². The molecule has 0 bridgehead atoms. The topological polar surface area (TPSA) is 70.6 Å². The lowest BCUT2D eigenvalue weighted by molar-refractivity contribution is 0.0697. The van der Waals surface area contributed by atoms with E-state index in [0.29, 0.717) is 24.0 Å². The van der Waals surface area contributed by atoms with E-state index in [-0.39, 0.29) is 5.56 Å². The molecule has 0 fully saturated rings. The number of carboxylic acids is 1. The Morgan fingerprint density at radius 3 is 2.94 bits per heavy atom. The Morgan fingerprint density at radius 2 is 2.29 bits per heavy atom. The van der Waals surface area contributed by atoms with Crippen LogP contribution in [0.1, 0.15) is 10.4 Å². The molecule has 6 heteroatoms. The van der Waals surface area contributed by atoms with Crippen molar-refractivity contribution in [2.75, 3.05) is 25.6 Å². The zero-order chi connectivity index (χ0) is 12.7. The van der Waals surface area contributed by atoms with Gasteiger partial charge in [0.05, 0.1) is 12.2 Å². The summed E-state index contributed by atoms with van der Waals surface area (Å²) in [7, 11) is 1.61. The fraction of sp³-hybridized carbons (Fsp3) is 0.273. The Labute approximate surface area is 105 Å². The maximum atomic E-state index is 10.8. The molecule has 0 aliphatic rings. The Balaban J connectivity index is 2.53. The molecule has 0 amide bonds. The minimum Gasteiger partial charge on any atom is -0.478 e. The molecular formula is C11H14N2O3S. The van der Waals surface area contributed by atoms with Gasteiger partial charge in [0.1, 0.15) is 0 Å². The molecule has 0 atom stereocenters. The van der Waals surface area contributed by atoms with Crippen LogP contribution in [0.3, 0.4) is 0 Å². The Bertz CT molecular complexity index is 409. The van der Waals surface area contributed by atoms with Crippen molar-refractivity contribution < 1.29 is 14.6 Å². The largest absolute Gasteiger partial charge is 0.478 e. The number of carboxylic acid groups (broad SMARTS) is 1. The van der Waals surface area contributed by atoms with Gasteiger partial charge >= 0.3 is 5.97 Å². The van der Waals surface area contributed by atoms with Crippen molar-refractivity contribution in [1.29, 1.82) is 0 Å². The van der Waals surface area contributed by atoms with Crippen molar-refractivity contribution >= 4 is 29.0 Å². The zero-order valence-corrected chi connectivity index (χ0v) is 10.2. The van der Waals surface area contributed by atoms with Crippen LogP contribution in [0.25, 0.3) is 0 Å². The lowest BCUT2D eigenvalue weighted by Crippen LogP contribution is -2.31. The van der Waals surface area contributed by atoms with E-state index in [1.165, 1.54) is 12.1 Å². The highest BCUT2D eigenvalue weighted by Gasteiger charge is 2.03. The second-order valence-electron chi connectivity index (χ2n) is 3.26. The molecule has 0 aliphatic heterocycles. The van der Waals surface area contributed by atoms with Crippen LogP contribution >= 0.6 is 12.2 Å². The molecule has 0 aliphatic carbocycles. The number of methoxy groups -OCH3 is 1. The second-order valence-corrected chi connectivity index (χ2v) is 3.67. The van der Waals surface area contributed by atoms with Crippen molar-refractivity contribution in [3.63, 3.8) is 0 Å². The summed E-state index contributed by atoms with van der Waals surface area (Å²) in [6.07, 6.45) is 0. The van der Waals surface area contributed by atoms with Crippen molar-refractivity contribution in [3.8, 4) is 0 Å². The van der Waals surface area contributed by atoms with Gasteiger partial charge in [-0.15, -0.1) is 0 Å². The molecule has 0 saturated heterocycles. The quantitative estimate of drug-likeness (QED) is 0.544. The average molecular weight is 254 g/mol. The van der Waals surface area contributed by atoms with Gasteiger partial charge < -0.3 is 20.5 Å². The highest BCUT2D eigenvalue weighted by atomic mass is 32.1. The molecule has 0 radical (unpaired) electrons. The van der Waals surface area contributed by atoms with Crippen molar-refractivity contribution in [2.24, 2.45) is 0 Å². The minimum atomic E-state index is -0.966. The number of hydrogen-bond acceptors (Lipinski definition) is 3. The predicted octanol–water partition coefficient (Wildman–Crippen LogP) is 1.32. The van der Waals surface area contributed by atoms with Gasteiger partial charge in [-0.2, -0.15) is 0 Å². The number of aromatic carboxylic acids is 1. The van der Waals surface area contributed by atoms with Crippen molar-refractivity contribution in [2.45, 2.75) is 0 Å². The third-order valence-corrected chi connectivity index (χ3v) is 2.21. The molecule has 92 valence electrons. The number of thiocarbonyl (C=S) groups is 1. The van der Waals surface area contributed by atoms with Gasteiger partial charge in [-0.1, -0.05) is 6.07 Å². The Kier molecular flexibility index (Phi) is 5.38. The first kappa shape index (κ1) is 13.4. The summed E-state index contributed by atoms with van der Waals surface area (Å²) in [5, 5.41) is 15.1. The number of hydrogen-bond donors (Lipinski definition) is 3. The number of ether oxygens (including phenoxy) is 1. The number of rotatable bonds is 5. The highest BCUT2D eigenvalue weighted by molar-refractivity contribution is 7.80. The number of anilines is 1. The third kappa shape index (κ3) is 4.80. The molecule has 1 aromatic rings. The smallest absolute Gasteiger partial charge is 0.335 e. The predicted molar refractivity (Wildman–Crippen MR) is 69.5 cm³/mol. The number of benzene rings is 1. The van der Waals surface area contributed by atoms with Crippen LogP contribution in [-0.2, 0) is 4.74 Å². The van der Waals surface area contributed by atoms with E-state index in [9.17, 15) is 4.79 Å². The summed E-state index contributed by atoms with van der Waals surface area (Å²) in [5.41, 5.74) is 0.856. The maximum absolute atomic E-state index is 10.8. The molecule has 3 N–H and O–H groups in total. The van der Waals surface area contributed by atoms with E-state index in [1.54, 1.807) is 19.2 Å². The van der Waals surface area contributed by atoms with Gasteiger partial charge in [0.15, 0.2) is 5.11 Å². The number of carbonyl (C=O) groups is 1. The monoisotopic (exact) mass is 254 g/mol. The Hall–Kier alpha value is -1.66. The minimum absolute atomic E-state index is 0.217.